The third-order valence-electron chi connectivity index (χ3n) is 4.08. The summed E-state index contributed by atoms with van der Waals surface area (Å²) in [5.41, 5.74) is 7.28. The zero-order valence-corrected chi connectivity index (χ0v) is 12.5. The maximum atomic E-state index is 12.3. The molecule has 0 aromatic heterocycles. The topological polar surface area (TPSA) is 49.6 Å². The molecule has 1 aliphatic heterocycles. The van der Waals surface area contributed by atoms with Crippen LogP contribution in [0.2, 0.25) is 0 Å². The Morgan fingerprint density at radius 1 is 1.40 bits per heavy atom. The molecule has 1 saturated heterocycles. The second-order valence-corrected chi connectivity index (χ2v) is 5.72. The average Bonchev–Trinajstić information content (AvgIpc) is 2.86. The number of hydrogen-bond donors (Lipinski definition) is 1. The van der Waals surface area contributed by atoms with Gasteiger partial charge in [-0.25, -0.2) is 0 Å². The second kappa shape index (κ2) is 6.75. The Kier molecular flexibility index (Phi) is 5.01. The smallest absolute Gasteiger partial charge is 0.240 e. The van der Waals surface area contributed by atoms with Crippen molar-refractivity contribution in [2.24, 2.45) is 5.92 Å². The van der Waals surface area contributed by atoms with Crippen LogP contribution in [-0.4, -0.2) is 37.5 Å². The predicted molar refractivity (Wildman–Crippen MR) is 83.7 cm³/mol. The van der Waals surface area contributed by atoms with Crippen molar-refractivity contribution in [1.29, 1.82) is 0 Å². The van der Waals surface area contributed by atoms with Crippen LogP contribution in [-0.2, 0) is 4.79 Å². The molecule has 1 atom stereocenters. The molecule has 0 radical (unpaired) electrons. The van der Waals surface area contributed by atoms with E-state index < -0.39 is 0 Å². The number of anilines is 2. The molecule has 0 saturated carbocycles. The van der Waals surface area contributed by atoms with Gasteiger partial charge in [-0.1, -0.05) is 13.3 Å². The molecule has 1 fully saturated rings. The number of rotatable bonds is 5. The third kappa shape index (κ3) is 3.73. The zero-order valence-electron chi connectivity index (χ0n) is 12.5. The molecule has 1 amide bonds. The molecule has 0 aliphatic carbocycles. The van der Waals surface area contributed by atoms with Gasteiger partial charge in [-0.2, -0.15) is 0 Å². The molecule has 1 aliphatic rings. The molecule has 1 unspecified atom stereocenters. The van der Waals surface area contributed by atoms with Gasteiger partial charge in [0.05, 0.1) is 6.54 Å². The van der Waals surface area contributed by atoms with Crippen LogP contribution in [0.3, 0.4) is 0 Å². The van der Waals surface area contributed by atoms with E-state index in [1.54, 1.807) is 4.90 Å². The molecule has 1 heterocycles. The van der Waals surface area contributed by atoms with Crippen LogP contribution < -0.4 is 10.6 Å². The first kappa shape index (κ1) is 14.9. The largest absolute Gasteiger partial charge is 0.399 e. The molecule has 2 rings (SSSR count). The number of likely N-dealkylation sites (tertiary alicyclic amines) is 1. The monoisotopic (exact) mass is 275 g/mol. The van der Waals surface area contributed by atoms with Crippen molar-refractivity contribution >= 4 is 17.3 Å². The van der Waals surface area contributed by atoms with Gasteiger partial charge in [-0.05, 0) is 49.6 Å². The third-order valence-corrected chi connectivity index (χ3v) is 4.08. The fourth-order valence-corrected chi connectivity index (χ4v) is 2.84. The van der Waals surface area contributed by atoms with Crippen LogP contribution >= 0.6 is 0 Å². The number of benzene rings is 1. The Hall–Kier alpha value is -1.55. The lowest BCUT2D eigenvalue weighted by molar-refractivity contribution is -0.119. The summed E-state index contributed by atoms with van der Waals surface area (Å²) < 4.78 is 0. The quantitative estimate of drug-likeness (QED) is 0.839. The molecule has 1 aromatic carbocycles. The number of nitrogens with zero attached hydrogens (tertiary/aromatic N) is 2. The number of nitrogens with two attached hydrogens (primary N) is 1. The lowest BCUT2D eigenvalue weighted by Gasteiger charge is -2.22. The molecule has 4 nitrogen and oxygen atoms in total. The maximum absolute atomic E-state index is 12.3. The Bertz CT molecular complexity index is 444. The average molecular weight is 275 g/mol. The first-order valence-electron chi connectivity index (χ1n) is 7.44. The SMILES string of the molecule is CCCC1CCN(CC(=O)N(C)c2ccc(N)cc2)C1. The van der Waals surface area contributed by atoms with Crippen molar-refractivity contribution in [3.63, 3.8) is 0 Å². The van der Waals surface area contributed by atoms with Gasteiger partial charge in [-0.15, -0.1) is 0 Å². The minimum absolute atomic E-state index is 0.145. The van der Waals surface area contributed by atoms with Crippen molar-refractivity contribution in [1.82, 2.24) is 4.90 Å². The maximum Gasteiger partial charge on any atom is 0.240 e. The number of nitrogen functional groups attached to an aromatic ring is 1. The molecule has 1 aromatic rings. The summed E-state index contributed by atoms with van der Waals surface area (Å²) in [6, 6.07) is 7.42. The van der Waals surface area contributed by atoms with Crippen molar-refractivity contribution in [3.05, 3.63) is 24.3 Å². The first-order valence-corrected chi connectivity index (χ1v) is 7.44. The minimum atomic E-state index is 0.145. The van der Waals surface area contributed by atoms with E-state index in [4.69, 9.17) is 5.73 Å². The van der Waals surface area contributed by atoms with Crippen molar-refractivity contribution in [2.45, 2.75) is 26.2 Å². The number of likely N-dealkylation sites (N-methyl/N-ethyl adjacent to an activating group) is 1. The molecular formula is C16H25N3O. The summed E-state index contributed by atoms with van der Waals surface area (Å²) in [6.45, 7) is 4.85. The number of carbonyl (C=O) groups excluding carboxylic acids is 1. The fraction of sp³-hybridized carbons (Fsp3) is 0.562. The van der Waals surface area contributed by atoms with Gasteiger partial charge < -0.3 is 10.6 Å². The molecule has 20 heavy (non-hydrogen) atoms. The van der Waals surface area contributed by atoms with E-state index in [-0.39, 0.29) is 5.91 Å². The lowest BCUT2D eigenvalue weighted by Crippen LogP contribution is -2.37. The van der Waals surface area contributed by atoms with E-state index in [2.05, 4.69) is 11.8 Å². The van der Waals surface area contributed by atoms with Crippen LogP contribution in [0.5, 0.6) is 0 Å². The second-order valence-electron chi connectivity index (χ2n) is 5.72. The van der Waals surface area contributed by atoms with E-state index >= 15 is 0 Å². The zero-order chi connectivity index (χ0) is 14.5. The number of amides is 1. The van der Waals surface area contributed by atoms with Crippen molar-refractivity contribution in [2.75, 3.05) is 37.3 Å². The van der Waals surface area contributed by atoms with Crippen molar-refractivity contribution < 1.29 is 4.79 Å². The standard InChI is InChI=1S/C16H25N3O/c1-3-4-13-9-10-19(11-13)12-16(20)18(2)15-7-5-14(17)6-8-15/h5-8,13H,3-4,9-12,17H2,1-2H3. The summed E-state index contributed by atoms with van der Waals surface area (Å²) >= 11 is 0. The van der Waals surface area contributed by atoms with Gasteiger partial charge in [0.15, 0.2) is 0 Å². The van der Waals surface area contributed by atoms with Gasteiger partial charge in [0, 0.05) is 25.0 Å². The van der Waals surface area contributed by atoms with Gasteiger partial charge in [-0.3, -0.25) is 9.69 Å². The van der Waals surface area contributed by atoms with E-state index in [1.807, 2.05) is 31.3 Å². The van der Waals surface area contributed by atoms with Crippen LogP contribution in [0.4, 0.5) is 11.4 Å². The van der Waals surface area contributed by atoms with E-state index in [9.17, 15) is 4.79 Å². The van der Waals surface area contributed by atoms with Crippen LogP contribution in [0, 0.1) is 5.92 Å². The molecule has 0 bridgehead atoms. The summed E-state index contributed by atoms with van der Waals surface area (Å²) in [7, 11) is 1.83. The highest BCUT2D eigenvalue weighted by Crippen LogP contribution is 2.21. The Morgan fingerprint density at radius 2 is 2.10 bits per heavy atom. The van der Waals surface area contributed by atoms with Crippen LogP contribution in [0.1, 0.15) is 26.2 Å². The Morgan fingerprint density at radius 3 is 2.75 bits per heavy atom. The molecule has 4 heteroatoms. The summed E-state index contributed by atoms with van der Waals surface area (Å²) in [6.07, 6.45) is 3.74. The minimum Gasteiger partial charge on any atom is -0.399 e. The summed E-state index contributed by atoms with van der Waals surface area (Å²) in [4.78, 5) is 16.3. The highest BCUT2D eigenvalue weighted by atomic mass is 16.2. The van der Waals surface area contributed by atoms with E-state index in [0.717, 1.165) is 30.4 Å². The first-order chi connectivity index (χ1) is 9.60. The van der Waals surface area contributed by atoms with E-state index in [0.29, 0.717) is 6.54 Å². The fourth-order valence-electron chi connectivity index (χ4n) is 2.84. The number of carbonyl (C=O) groups is 1. The summed E-state index contributed by atoms with van der Waals surface area (Å²) in [5.74, 6) is 0.918. The van der Waals surface area contributed by atoms with Gasteiger partial charge in [0.25, 0.3) is 0 Å². The molecule has 0 spiro atoms. The molecule has 110 valence electrons. The summed E-state index contributed by atoms with van der Waals surface area (Å²) in [5, 5.41) is 0. The highest BCUT2D eigenvalue weighted by molar-refractivity contribution is 5.94. The van der Waals surface area contributed by atoms with Gasteiger partial charge in [0.2, 0.25) is 5.91 Å². The normalized spacial score (nSPS) is 19.2. The molecular weight excluding hydrogens is 250 g/mol. The van der Waals surface area contributed by atoms with Crippen molar-refractivity contribution in [3.8, 4) is 0 Å². The molecule has 2 N–H and O–H groups in total. The van der Waals surface area contributed by atoms with Crippen LogP contribution in [0.15, 0.2) is 24.3 Å². The lowest BCUT2D eigenvalue weighted by atomic mass is 10.0. The van der Waals surface area contributed by atoms with Gasteiger partial charge in [0.1, 0.15) is 0 Å². The predicted octanol–water partition coefficient (Wildman–Crippen LogP) is 2.35. The Labute approximate surface area is 121 Å². The number of hydrogen-bond acceptors (Lipinski definition) is 3. The Balaban J connectivity index is 1.87. The van der Waals surface area contributed by atoms with Crippen LogP contribution in [0.25, 0.3) is 0 Å². The highest BCUT2D eigenvalue weighted by Gasteiger charge is 2.24. The van der Waals surface area contributed by atoms with E-state index in [1.165, 1.54) is 19.3 Å². The van der Waals surface area contributed by atoms with Gasteiger partial charge >= 0.3 is 0 Å².